The predicted octanol–water partition coefficient (Wildman–Crippen LogP) is -0.982. The Balaban J connectivity index is 2.30. The number of anilines is 1. The molecule has 100 valence electrons. The minimum absolute atomic E-state index is 0.174. The minimum atomic E-state index is -0.424. The molecule has 0 bridgehead atoms. The van der Waals surface area contributed by atoms with Gasteiger partial charge in [-0.1, -0.05) is 6.42 Å². The maximum absolute atomic E-state index is 11.9. The van der Waals surface area contributed by atoms with Crippen molar-refractivity contribution >= 4 is 5.82 Å². The average Bonchev–Trinajstić information content (AvgIpc) is 2.80. The second kappa shape index (κ2) is 4.93. The maximum Gasteiger partial charge on any atom is 0.346 e. The minimum Gasteiger partial charge on any atom is -0.361 e. The van der Waals surface area contributed by atoms with Crippen LogP contribution < -0.4 is 22.3 Å². The molecule has 0 amide bonds. The highest BCUT2D eigenvalue weighted by atomic mass is 16.2. The normalized spacial score (nSPS) is 23.3. The summed E-state index contributed by atoms with van der Waals surface area (Å²) in [7, 11) is 2.98. The number of rotatable bonds is 3. The summed E-state index contributed by atoms with van der Waals surface area (Å²) in [6.45, 7) is 0.601. The molecule has 1 aromatic heterocycles. The van der Waals surface area contributed by atoms with Gasteiger partial charge in [0.2, 0.25) is 5.82 Å². The van der Waals surface area contributed by atoms with Crippen molar-refractivity contribution in [3.63, 3.8) is 0 Å². The molecule has 1 saturated carbocycles. The summed E-state index contributed by atoms with van der Waals surface area (Å²) in [6, 6.07) is 0.174. The number of hydrogen-bond donors (Lipinski definition) is 2. The van der Waals surface area contributed by atoms with Crippen LogP contribution in [0.2, 0.25) is 0 Å². The van der Waals surface area contributed by atoms with Crippen molar-refractivity contribution in [3.8, 4) is 0 Å². The smallest absolute Gasteiger partial charge is 0.346 e. The first-order chi connectivity index (χ1) is 8.54. The van der Waals surface area contributed by atoms with E-state index < -0.39 is 5.69 Å². The van der Waals surface area contributed by atoms with Gasteiger partial charge in [-0.05, 0) is 25.3 Å². The van der Waals surface area contributed by atoms with E-state index in [0.29, 0.717) is 12.5 Å². The van der Waals surface area contributed by atoms with Gasteiger partial charge in [-0.25, -0.2) is 9.48 Å². The molecule has 1 aromatic rings. The average molecular weight is 253 g/mol. The molecule has 1 heterocycles. The Morgan fingerprint density at radius 3 is 2.78 bits per heavy atom. The monoisotopic (exact) mass is 253 g/mol. The van der Waals surface area contributed by atoms with Gasteiger partial charge >= 0.3 is 5.69 Å². The van der Waals surface area contributed by atoms with E-state index >= 15 is 0 Å². The molecular weight excluding hydrogens is 234 g/mol. The van der Waals surface area contributed by atoms with Gasteiger partial charge in [-0.15, -0.1) is 5.10 Å². The first-order valence-corrected chi connectivity index (χ1v) is 6.15. The zero-order valence-corrected chi connectivity index (χ0v) is 10.7. The third-order valence-electron chi connectivity index (χ3n) is 3.60. The Morgan fingerprint density at radius 2 is 2.11 bits per heavy atom. The molecule has 2 unspecified atom stereocenters. The van der Waals surface area contributed by atoms with Crippen LogP contribution >= 0.6 is 0 Å². The summed E-state index contributed by atoms with van der Waals surface area (Å²) < 4.78 is 2.22. The highest BCUT2D eigenvalue weighted by molar-refractivity contribution is 5.31. The van der Waals surface area contributed by atoms with Crippen LogP contribution in [-0.2, 0) is 14.1 Å². The topological polar surface area (TPSA) is 94.9 Å². The van der Waals surface area contributed by atoms with Crippen LogP contribution in [0.3, 0.4) is 0 Å². The third kappa shape index (κ3) is 2.17. The summed E-state index contributed by atoms with van der Waals surface area (Å²) in [6.07, 6.45) is 3.15. The van der Waals surface area contributed by atoms with Crippen LogP contribution in [0.25, 0.3) is 0 Å². The van der Waals surface area contributed by atoms with Gasteiger partial charge in [-0.3, -0.25) is 9.36 Å². The highest BCUT2D eigenvalue weighted by Gasteiger charge is 2.27. The molecule has 0 saturated heterocycles. The zero-order valence-electron chi connectivity index (χ0n) is 10.7. The van der Waals surface area contributed by atoms with Crippen LogP contribution in [0.1, 0.15) is 19.3 Å². The molecule has 2 rings (SSSR count). The van der Waals surface area contributed by atoms with Crippen molar-refractivity contribution in [1.82, 2.24) is 14.3 Å². The quantitative estimate of drug-likeness (QED) is 0.722. The first-order valence-electron chi connectivity index (χ1n) is 6.15. The molecular formula is C11H19N5O2. The van der Waals surface area contributed by atoms with E-state index in [4.69, 9.17) is 5.73 Å². The maximum atomic E-state index is 11.9. The molecule has 0 spiro atoms. The summed E-state index contributed by atoms with van der Waals surface area (Å²) in [5, 5.41) is 7.12. The number of nitrogens with zero attached hydrogens (tertiary/aromatic N) is 3. The van der Waals surface area contributed by atoms with E-state index in [-0.39, 0.29) is 17.4 Å². The van der Waals surface area contributed by atoms with Crippen molar-refractivity contribution in [2.24, 2.45) is 25.7 Å². The molecule has 0 aliphatic heterocycles. The van der Waals surface area contributed by atoms with Crippen molar-refractivity contribution in [2.75, 3.05) is 11.9 Å². The Bertz CT molecular complexity index is 547. The molecule has 3 N–H and O–H groups in total. The lowest BCUT2D eigenvalue weighted by molar-refractivity contribution is 0.509. The molecule has 7 nitrogen and oxygen atoms in total. The van der Waals surface area contributed by atoms with Gasteiger partial charge in [-0.2, -0.15) is 0 Å². The molecule has 0 radical (unpaired) electrons. The number of aromatic nitrogens is 3. The van der Waals surface area contributed by atoms with Gasteiger partial charge in [0, 0.05) is 20.1 Å². The Labute approximate surface area is 105 Å². The lowest BCUT2D eigenvalue weighted by Gasteiger charge is -2.19. The van der Waals surface area contributed by atoms with Gasteiger partial charge in [0.1, 0.15) is 0 Å². The second-order valence-corrected chi connectivity index (χ2v) is 4.80. The molecule has 7 heteroatoms. The fourth-order valence-electron chi connectivity index (χ4n) is 2.47. The second-order valence-electron chi connectivity index (χ2n) is 4.80. The number of nitrogens with two attached hydrogens (primary N) is 1. The highest BCUT2D eigenvalue weighted by Crippen LogP contribution is 2.26. The van der Waals surface area contributed by atoms with E-state index in [9.17, 15) is 9.59 Å². The van der Waals surface area contributed by atoms with Crippen LogP contribution in [0.5, 0.6) is 0 Å². The molecule has 1 aliphatic carbocycles. The molecule has 0 aromatic carbocycles. The SMILES string of the molecule is Cn1nc(NC2CCCC2CN)c(=O)n(C)c1=O. The largest absolute Gasteiger partial charge is 0.361 e. The molecule has 1 fully saturated rings. The van der Waals surface area contributed by atoms with Crippen LogP contribution in [0.4, 0.5) is 5.82 Å². The van der Waals surface area contributed by atoms with Crippen molar-refractivity contribution in [1.29, 1.82) is 0 Å². The van der Waals surface area contributed by atoms with E-state index in [2.05, 4.69) is 10.4 Å². The van der Waals surface area contributed by atoms with Crippen LogP contribution in [-0.4, -0.2) is 26.9 Å². The van der Waals surface area contributed by atoms with Gasteiger partial charge in [0.05, 0.1) is 0 Å². The van der Waals surface area contributed by atoms with Crippen LogP contribution in [0.15, 0.2) is 9.59 Å². The van der Waals surface area contributed by atoms with E-state index in [1.54, 1.807) is 0 Å². The molecule has 18 heavy (non-hydrogen) atoms. The predicted molar refractivity (Wildman–Crippen MR) is 68.5 cm³/mol. The summed E-state index contributed by atoms with van der Waals surface area (Å²) in [5.41, 5.74) is 4.89. The van der Waals surface area contributed by atoms with Gasteiger partial charge < -0.3 is 11.1 Å². The van der Waals surface area contributed by atoms with Crippen molar-refractivity contribution < 1.29 is 0 Å². The lowest BCUT2D eigenvalue weighted by atomic mass is 10.0. The summed E-state index contributed by atoms with van der Waals surface area (Å²) in [5.74, 6) is 0.596. The molecule has 2 atom stereocenters. The summed E-state index contributed by atoms with van der Waals surface area (Å²) >= 11 is 0. The molecule has 1 aliphatic rings. The van der Waals surface area contributed by atoms with Crippen molar-refractivity contribution in [3.05, 3.63) is 20.8 Å². The van der Waals surface area contributed by atoms with Gasteiger partial charge in [0.15, 0.2) is 0 Å². The standard InChI is InChI=1S/C11H19N5O2/c1-15-10(17)9(14-16(2)11(15)18)13-8-5-3-4-7(8)6-12/h7-8H,3-6,12H2,1-2H3,(H,13,14). The van der Waals surface area contributed by atoms with Crippen LogP contribution in [0, 0.1) is 5.92 Å². The van der Waals surface area contributed by atoms with Gasteiger partial charge in [0.25, 0.3) is 5.56 Å². The zero-order chi connectivity index (χ0) is 13.3. The number of nitrogens with one attached hydrogen (secondary N) is 1. The Hall–Kier alpha value is -1.63. The van der Waals surface area contributed by atoms with E-state index in [1.165, 1.54) is 14.1 Å². The Morgan fingerprint density at radius 1 is 1.39 bits per heavy atom. The summed E-state index contributed by atoms with van der Waals surface area (Å²) in [4.78, 5) is 23.4. The third-order valence-corrected chi connectivity index (χ3v) is 3.60. The fourth-order valence-corrected chi connectivity index (χ4v) is 2.47. The number of aryl methyl sites for hydroxylation is 1. The van der Waals surface area contributed by atoms with E-state index in [1.807, 2.05) is 0 Å². The van der Waals surface area contributed by atoms with E-state index in [0.717, 1.165) is 28.5 Å². The van der Waals surface area contributed by atoms with Crippen molar-refractivity contribution in [2.45, 2.75) is 25.3 Å². The lowest BCUT2D eigenvalue weighted by Crippen LogP contribution is -2.42. The number of hydrogen-bond acceptors (Lipinski definition) is 5. The first kappa shape index (κ1) is 12.8. The fraction of sp³-hybridized carbons (Fsp3) is 0.727. The Kier molecular flexibility index (Phi) is 3.51.